The third kappa shape index (κ3) is 4.99. The van der Waals surface area contributed by atoms with Gasteiger partial charge in [-0.2, -0.15) is 4.31 Å². The maximum atomic E-state index is 13.1. The number of anilines is 1. The first-order valence-corrected chi connectivity index (χ1v) is 11.4. The largest absolute Gasteiger partial charge is 0.321 e. The number of nitro groups is 1. The van der Waals surface area contributed by atoms with Crippen LogP contribution in [0.2, 0.25) is 10.0 Å². The Bertz CT molecular complexity index is 1150. The average molecular weight is 487 g/mol. The van der Waals surface area contributed by atoms with Crippen molar-refractivity contribution in [2.24, 2.45) is 0 Å². The molecule has 2 aromatic carbocycles. The Morgan fingerprint density at radius 2 is 1.74 bits per heavy atom. The first-order valence-electron chi connectivity index (χ1n) is 9.25. The molecule has 9 nitrogen and oxygen atoms in total. The molecule has 3 rings (SSSR count). The van der Waals surface area contributed by atoms with Crippen LogP contribution in [0, 0.1) is 17.0 Å². The first kappa shape index (κ1) is 23.4. The number of benzene rings is 2. The molecule has 1 saturated heterocycles. The van der Waals surface area contributed by atoms with Crippen LogP contribution in [0.25, 0.3) is 0 Å². The highest BCUT2D eigenvalue weighted by molar-refractivity contribution is 7.89. The van der Waals surface area contributed by atoms with Gasteiger partial charge in [0.2, 0.25) is 10.0 Å². The van der Waals surface area contributed by atoms with Crippen molar-refractivity contribution in [1.29, 1.82) is 0 Å². The van der Waals surface area contributed by atoms with E-state index in [1.807, 2.05) is 11.9 Å². The summed E-state index contributed by atoms with van der Waals surface area (Å²) in [6, 6.07) is 6.39. The van der Waals surface area contributed by atoms with Crippen LogP contribution in [0.1, 0.15) is 15.9 Å². The third-order valence-electron chi connectivity index (χ3n) is 5.03. The molecular weight excluding hydrogens is 467 g/mol. The Balaban J connectivity index is 1.95. The number of non-ortho nitro benzene ring substituents is 1. The van der Waals surface area contributed by atoms with E-state index in [0.717, 1.165) is 6.07 Å². The van der Waals surface area contributed by atoms with E-state index in [1.165, 1.54) is 28.6 Å². The Labute approximate surface area is 189 Å². The zero-order chi connectivity index (χ0) is 22.9. The molecule has 0 aliphatic carbocycles. The molecular formula is C19H20Cl2N4O5S. The predicted octanol–water partition coefficient (Wildman–Crippen LogP) is 3.40. The van der Waals surface area contributed by atoms with Gasteiger partial charge in [0.1, 0.15) is 4.90 Å². The van der Waals surface area contributed by atoms with E-state index < -0.39 is 20.9 Å². The van der Waals surface area contributed by atoms with Crippen molar-refractivity contribution in [2.45, 2.75) is 11.8 Å². The first-order chi connectivity index (χ1) is 14.5. The smallest absolute Gasteiger partial charge is 0.271 e. The number of aryl methyl sites for hydroxylation is 1. The van der Waals surface area contributed by atoms with E-state index in [-0.39, 0.29) is 31.9 Å². The summed E-state index contributed by atoms with van der Waals surface area (Å²) in [5.41, 5.74) is 0.508. The summed E-state index contributed by atoms with van der Waals surface area (Å²) in [4.78, 5) is 25.1. The number of nitrogens with one attached hydrogen (secondary N) is 1. The van der Waals surface area contributed by atoms with Gasteiger partial charge in [-0.1, -0.05) is 29.3 Å². The molecule has 0 saturated carbocycles. The molecule has 0 radical (unpaired) electrons. The van der Waals surface area contributed by atoms with Crippen LogP contribution in [0.15, 0.2) is 35.2 Å². The highest BCUT2D eigenvalue weighted by atomic mass is 35.5. The van der Waals surface area contributed by atoms with Crippen LogP contribution < -0.4 is 5.32 Å². The van der Waals surface area contributed by atoms with Crippen LogP contribution in [0.3, 0.4) is 0 Å². The van der Waals surface area contributed by atoms with E-state index >= 15 is 0 Å². The number of nitro benzene ring substituents is 1. The van der Waals surface area contributed by atoms with Crippen LogP contribution in [0.5, 0.6) is 0 Å². The SMILES string of the molecule is Cc1ccc([N+](=O)[O-])cc1NC(=O)c1cc(S(=O)(=O)N2CCN(C)CC2)c(Cl)cc1Cl. The quantitative estimate of drug-likeness (QED) is 0.511. The molecule has 1 heterocycles. The topological polar surface area (TPSA) is 113 Å². The number of sulfonamides is 1. The molecule has 31 heavy (non-hydrogen) atoms. The van der Waals surface area contributed by atoms with Crippen molar-refractivity contribution < 1.29 is 18.1 Å². The number of likely N-dealkylation sites (N-methyl/N-ethyl adjacent to an activating group) is 1. The third-order valence-corrected chi connectivity index (χ3v) is 7.70. The molecule has 166 valence electrons. The Hall–Kier alpha value is -2.24. The molecule has 0 unspecified atom stereocenters. The Morgan fingerprint density at radius 1 is 1.10 bits per heavy atom. The van der Waals surface area contributed by atoms with Gasteiger partial charge in [0.05, 0.1) is 26.2 Å². The number of hydrogen-bond donors (Lipinski definition) is 1. The van der Waals surface area contributed by atoms with Crippen LogP contribution >= 0.6 is 23.2 Å². The van der Waals surface area contributed by atoms with Crippen molar-refractivity contribution in [3.63, 3.8) is 0 Å². The minimum absolute atomic E-state index is 0.0390. The van der Waals surface area contributed by atoms with Crippen molar-refractivity contribution in [2.75, 3.05) is 38.5 Å². The summed E-state index contributed by atoms with van der Waals surface area (Å²) < 4.78 is 27.5. The summed E-state index contributed by atoms with van der Waals surface area (Å²) in [7, 11) is -2.04. The van der Waals surface area contributed by atoms with Crippen LogP contribution in [-0.2, 0) is 10.0 Å². The molecule has 1 fully saturated rings. The number of piperazine rings is 1. The normalized spacial score (nSPS) is 15.6. The lowest BCUT2D eigenvalue weighted by Crippen LogP contribution is -2.47. The Kier molecular flexibility index (Phi) is 6.87. The second-order valence-electron chi connectivity index (χ2n) is 7.18. The zero-order valence-electron chi connectivity index (χ0n) is 16.8. The minimum atomic E-state index is -3.94. The summed E-state index contributed by atoms with van der Waals surface area (Å²) in [5.74, 6) is -0.708. The van der Waals surface area contributed by atoms with Gasteiger partial charge in [-0.05, 0) is 31.7 Å². The highest BCUT2D eigenvalue weighted by Gasteiger charge is 2.31. The van der Waals surface area contributed by atoms with Crippen LogP contribution in [-0.4, -0.2) is 61.7 Å². The average Bonchev–Trinajstić information content (AvgIpc) is 2.69. The monoisotopic (exact) mass is 486 g/mol. The molecule has 12 heteroatoms. The van der Waals surface area contributed by atoms with Crippen LogP contribution in [0.4, 0.5) is 11.4 Å². The van der Waals surface area contributed by atoms with Gasteiger partial charge < -0.3 is 10.2 Å². The van der Waals surface area contributed by atoms with Crippen molar-refractivity contribution in [3.8, 4) is 0 Å². The molecule has 0 spiro atoms. The fourth-order valence-electron chi connectivity index (χ4n) is 3.12. The lowest BCUT2D eigenvalue weighted by molar-refractivity contribution is -0.384. The maximum Gasteiger partial charge on any atom is 0.271 e. The van der Waals surface area contributed by atoms with Gasteiger partial charge >= 0.3 is 0 Å². The van der Waals surface area contributed by atoms with E-state index in [4.69, 9.17) is 23.2 Å². The summed E-state index contributed by atoms with van der Waals surface area (Å²) in [6.45, 7) is 3.41. The molecule has 1 amide bonds. The van der Waals surface area contributed by atoms with Crippen molar-refractivity contribution >= 4 is 50.5 Å². The second-order valence-corrected chi connectivity index (χ2v) is 9.90. The van der Waals surface area contributed by atoms with Crippen molar-refractivity contribution in [3.05, 3.63) is 61.6 Å². The van der Waals surface area contributed by atoms with Gasteiger partial charge in [-0.15, -0.1) is 0 Å². The van der Waals surface area contributed by atoms with Gasteiger partial charge in [0.25, 0.3) is 11.6 Å². The number of amides is 1. The molecule has 2 aromatic rings. The fraction of sp³-hybridized carbons (Fsp3) is 0.316. The van der Waals surface area contributed by atoms with E-state index in [9.17, 15) is 23.3 Å². The maximum absolute atomic E-state index is 13.1. The second kappa shape index (κ2) is 9.09. The lowest BCUT2D eigenvalue weighted by atomic mass is 10.1. The molecule has 0 atom stereocenters. The molecule has 1 aliphatic rings. The minimum Gasteiger partial charge on any atom is -0.321 e. The predicted molar refractivity (Wildman–Crippen MR) is 119 cm³/mol. The molecule has 0 bridgehead atoms. The van der Waals surface area contributed by atoms with E-state index in [1.54, 1.807) is 6.92 Å². The van der Waals surface area contributed by atoms with Gasteiger partial charge in [-0.3, -0.25) is 14.9 Å². The van der Waals surface area contributed by atoms with Crippen molar-refractivity contribution in [1.82, 2.24) is 9.21 Å². The molecule has 1 N–H and O–H groups in total. The summed E-state index contributed by atoms with van der Waals surface area (Å²) in [5, 5.41) is 13.5. The van der Waals surface area contributed by atoms with Gasteiger partial charge in [-0.25, -0.2) is 8.42 Å². The Morgan fingerprint density at radius 3 is 2.35 bits per heavy atom. The molecule has 1 aliphatic heterocycles. The standard InChI is InChI=1S/C19H20Cl2N4O5S/c1-12-3-4-13(25(27)28)9-17(12)22-19(26)14-10-18(16(21)11-15(14)20)31(29,30)24-7-5-23(2)6-8-24/h3-4,9-11H,5-8H2,1-2H3,(H,22,26). The zero-order valence-corrected chi connectivity index (χ0v) is 19.1. The van der Waals surface area contributed by atoms with E-state index in [0.29, 0.717) is 31.7 Å². The number of hydrogen-bond acceptors (Lipinski definition) is 6. The van der Waals surface area contributed by atoms with Gasteiger partial charge in [0, 0.05) is 38.3 Å². The number of rotatable bonds is 5. The summed E-state index contributed by atoms with van der Waals surface area (Å²) >= 11 is 12.3. The lowest BCUT2D eigenvalue weighted by Gasteiger charge is -2.31. The number of carbonyl (C=O) groups excluding carboxylic acids is 1. The van der Waals surface area contributed by atoms with Gasteiger partial charge in [0.15, 0.2) is 0 Å². The molecule has 0 aromatic heterocycles. The highest BCUT2D eigenvalue weighted by Crippen LogP contribution is 2.32. The fourth-order valence-corrected chi connectivity index (χ4v) is 5.37. The van der Waals surface area contributed by atoms with E-state index in [2.05, 4.69) is 5.32 Å². The number of carbonyl (C=O) groups is 1. The number of nitrogens with zero attached hydrogens (tertiary/aromatic N) is 3. The summed E-state index contributed by atoms with van der Waals surface area (Å²) in [6.07, 6.45) is 0. The number of halogens is 2.